The van der Waals surface area contributed by atoms with Crippen LogP contribution in [-0.4, -0.2) is 98.1 Å². The van der Waals surface area contributed by atoms with Crippen LogP contribution in [0, 0.1) is 11.6 Å². The number of nitrogens with zero attached hydrogens (tertiary/aromatic N) is 4. The number of hydrazine groups is 1. The van der Waals surface area contributed by atoms with Gasteiger partial charge in [-0.2, -0.15) is 0 Å². The fraction of sp³-hybridized carbons (Fsp3) is 0.375. The van der Waals surface area contributed by atoms with Gasteiger partial charge in [0.15, 0.2) is 0 Å². The molecular formula is C32H39F2N7O2. The van der Waals surface area contributed by atoms with E-state index < -0.39 is 29.5 Å². The summed E-state index contributed by atoms with van der Waals surface area (Å²) in [6.45, 7) is 8.81. The summed E-state index contributed by atoms with van der Waals surface area (Å²) in [6.07, 6.45) is 0.177. The highest BCUT2D eigenvalue weighted by atomic mass is 19.1. The summed E-state index contributed by atoms with van der Waals surface area (Å²) < 4.78 is 28.8. The number of nitrogens with two attached hydrogens (primary N) is 1. The van der Waals surface area contributed by atoms with Crippen LogP contribution >= 0.6 is 0 Å². The van der Waals surface area contributed by atoms with Crippen LogP contribution < -0.4 is 21.4 Å². The van der Waals surface area contributed by atoms with E-state index in [2.05, 4.69) is 25.3 Å². The smallest absolute Gasteiger partial charge is 0.254 e. The highest BCUT2D eigenvalue weighted by molar-refractivity contribution is 6.02. The van der Waals surface area contributed by atoms with E-state index >= 15 is 0 Å². The van der Waals surface area contributed by atoms with E-state index in [1.165, 1.54) is 30.3 Å². The molecule has 2 amide bonds. The van der Waals surface area contributed by atoms with Crippen LogP contribution in [-0.2, 0) is 11.2 Å². The van der Waals surface area contributed by atoms with Crippen LogP contribution in [0.15, 0.2) is 72.8 Å². The molecule has 3 aromatic rings. The molecular weight excluding hydrogens is 552 g/mol. The van der Waals surface area contributed by atoms with E-state index in [4.69, 9.17) is 5.84 Å². The monoisotopic (exact) mass is 591 g/mol. The summed E-state index contributed by atoms with van der Waals surface area (Å²) in [5.74, 6) is 3.49. The zero-order valence-corrected chi connectivity index (χ0v) is 24.2. The van der Waals surface area contributed by atoms with Gasteiger partial charge in [0, 0.05) is 71.9 Å². The Balaban J connectivity index is 1.25. The van der Waals surface area contributed by atoms with Crippen molar-refractivity contribution in [2.75, 3.05) is 75.7 Å². The zero-order valence-electron chi connectivity index (χ0n) is 24.2. The Morgan fingerprint density at radius 3 is 2.09 bits per heavy atom. The molecule has 5 rings (SSSR count). The lowest BCUT2D eigenvalue weighted by Crippen LogP contribution is -2.52. The van der Waals surface area contributed by atoms with Crippen molar-refractivity contribution >= 4 is 23.2 Å². The molecule has 0 spiro atoms. The lowest BCUT2D eigenvalue weighted by molar-refractivity contribution is -0.118. The van der Waals surface area contributed by atoms with Crippen LogP contribution in [0.4, 0.5) is 20.2 Å². The number of nitrogens with one attached hydrogen (secondary N) is 2. The van der Waals surface area contributed by atoms with Gasteiger partial charge in [-0.25, -0.2) is 13.8 Å². The van der Waals surface area contributed by atoms with E-state index in [0.717, 1.165) is 71.0 Å². The molecule has 43 heavy (non-hydrogen) atoms. The Morgan fingerprint density at radius 2 is 1.42 bits per heavy atom. The highest BCUT2D eigenvalue weighted by Gasteiger charge is 2.26. The Bertz CT molecular complexity index is 1380. The molecule has 228 valence electrons. The second-order valence-corrected chi connectivity index (χ2v) is 11.1. The van der Waals surface area contributed by atoms with E-state index in [9.17, 15) is 18.4 Å². The Morgan fingerprint density at radius 1 is 0.791 bits per heavy atom. The van der Waals surface area contributed by atoms with Gasteiger partial charge in [0.1, 0.15) is 17.7 Å². The van der Waals surface area contributed by atoms with Crippen LogP contribution in [0.1, 0.15) is 15.9 Å². The molecule has 0 saturated carbocycles. The Hall–Kier alpha value is -3.90. The summed E-state index contributed by atoms with van der Waals surface area (Å²) in [5, 5.41) is 7.40. The topological polar surface area (TPSA) is 97.2 Å². The molecule has 4 N–H and O–H groups in total. The predicted molar refractivity (Wildman–Crippen MR) is 164 cm³/mol. The summed E-state index contributed by atoms with van der Waals surface area (Å²) >= 11 is 0. The lowest BCUT2D eigenvalue weighted by Gasteiger charge is -2.38. The number of halogens is 2. The number of piperazine rings is 2. The van der Waals surface area contributed by atoms with Crippen molar-refractivity contribution in [2.24, 2.45) is 5.84 Å². The molecule has 0 aliphatic carbocycles. The van der Waals surface area contributed by atoms with Gasteiger partial charge in [0.2, 0.25) is 5.91 Å². The molecule has 1 unspecified atom stereocenters. The summed E-state index contributed by atoms with van der Waals surface area (Å²) in [4.78, 5) is 33.6. The first kappa shape index (κ1) is 30.6. The quantitative estimate of drug-likeness (QED) is 0.312. The maximum Gasteiger partial charge on any atom is 0.254 e. The third-order valence-corrected chi connectivity index (χ3v) is 8.09. The van der Waals surface area contributed by atoms with Crippen molar-refractivity contribution < 1.29 is 18.4 Å². The maximum absolute atomic E-state index is 14.4. The number of benzene rings is 3. The number of hydrogen-bond acceptors (Lipinski definition) is 7. The van der Waals surface area contributed by atoms with Crippen LogP contribution in [0.5, 0.6) is 0 Å². The molecule has 2 fully saturated rings. The van der Waals surface area contributed by atoms with Gasteiger partial charge in [-0.15, -0.1) is 0 Å². The Kier molecular flexibility index (Phi) is 10.3. The molecule has 2 heterocycles. The number of hydrogen-bond donors (Lipinski definition) is 3. The number of carbonyl (C=O) groups is 2. The van der Waals surface area contributed by atoms with E-state index in [1.54, 1.807) is 12.1 Å². The van der Waals surface area contributed by atoms with Crippen molar-refractivity contribution in [1.29, 1.82) is 0 Å². The molecule has 0 aromatic heterocycles. The van der Waals surface area contributed by atoms with Crippen LogP contribution in [0.2, 0.25) is 0 Å². The van der Waals surface area contributed by atoms with Crippen molar-refractivity contribution in [2.45, 2.75) is 12.5 Å². The molecule has 3 aromatic carbocycles. The standard InChI is InChI=1S/C32H39F2N7O2/c33-25-10-11-30(40-18-14-38(15-19-40)12-13-39-16-20-41(35)21-17-39)28(23-25)36-32(43)29(22-24-6-2-1-3-7-24)37-31(42)26-8-4-5-9-27(26)34/h1-11,23,29H,12-22,35H2,(H,36,43)(H,37,42). The van der Waals surface area contributed by atoms with Gasteiger partial charge in [-0.05, 0) is 35.9 Å². The largest absolute Gasteiger partial charge is 0.367 e. The second-order valence-electron chi connectivity index (χ2n) is 11.1. The average Bonchev–Trinajstić information content (AvgIpc) is 3.01. The molecule has 11 heteroatoms. The number of carbonyl (C=O) groups excluding carboxylic acids is 2. The van der Waals surface area contributed by atoms with Gasteiger partial charge in [-0.3, -0.25) is 25.2 Å². The SMILES string of the molecule is NN1CCN(CCN2CCN(c3ccc(F)cc3NC(=O)C(Cc3ccccc3)NC(=O)c3ccccc3F)CC2)CC1. The first-order valence-electron chi connectivity index (χ1n) is 14.7. The summed E-state index contributed by atoms with van der Waals surface area (Å²) in [7, 11) is 0. The van der Waals surface area contributed by atoms with Gasteiger partial charge in [-0.1, -0.05) is 42.5 Å². The van der Waals surface area contributed by atoms with E-state index in [0.29, 0.717) is 11.4 Å². The van der Waals surface area contributed by atoms with Gasteiger partial charge >= 0.3 is 0 Å². The van der Waals surface area contributed by atoms with Crippen molar-refractivity contribution in [1.82, 2.24) is 20.1 Å². The minimum atomic E-state index is -1.02. The number of rotatable bonds is 10. The highest BCUT2D eigenvalue weighted by Crippen LogP contribution is 2.28. The summed E-state index contributed by atoms with van der Waals surface area (Å²) in [5.41, 5.74) is 1.71. The van der Waals surface area contributed by atoms with Crippen molar-refractivity contribution in [3.05, 3.63) is 95.6 Å². The normalized spacial score (nSPS) is 17.4. The first-order chi connectivity index (χ1) is 20.9. The van der Waals surface area contributed by atoms with Crippen LogP contribution in [0.25, 0.3) is 0 Å². The predicted octanol–water partition coefficient (Wildman–Crippen LogP) is 2.56. The first-order valence-corrected chi connectivity index (χ1v) is 14.7. The van der Waals surface area contributed by atoms with Gasteiger partial charge in [0.25, 0.3) is 5.91 Å². The molecule has 0 bridgehead atoms. The maximum atomic E-state index is 14.4. The average molecular weight is 592 g/mol. The number of anilines is 2. The molecule has 2 aliphatic rings. The molecule has 9 nitrogen and oxygen atoms in total. The van der Waals surface area contributed by atoms with E-state index in [-0.39, 0.29) is 12.0 Å². The summed E-state index contributed by atoms with van der Waals surface area (Å²) in [6, 6.07) is 18.2. The van der Waals surface area contributed by atoms with Crippen molar-refractivity contribution in [3.8, 4) is 0 Å². The minimum Gasteiger partial charge on any atom is -0.367 e. The van der Waals surface area contributed by atoms with E-state index in [1.807, 2.05) is 35.3 Å². The minimum absolute atomic E-state index is 0.153. The van der Waals surface area contributed by atoms with Gasteiger partial charge < -0.3 is 15.5 Å². The number of amides is 2. The zero-order chi connectivity index (χ0) is 30.2. The molecule has 0 radical (unpaired) electrons. The fourth-order valence-corrected chi connectivity index (χ4v) is 5.53. The third kappa shape index (κ3) is 8.35. The fourth-order valence-electron chi connectivity index (χ4n) is 5.53. The lowest BCUT2D eigenvalue weighted by atomic mass is 10.0. The van der Waals surface area contributed by atoms with Crippen LogP contribution in [0.3, 0.4) is 0 Å². The molecule has 2 aliphatic heterocycles. The van der Waals surface area contributed by atoms with Gasteiger partial charge in [0.05, 0.1) is 16.9 Å². The molecule has 2 saturated heterocycles. The molecule has 1 atom stereocenters. The third-order valence-electron chi connectivity index (χ3n) is 8.09. The second kappa shape index (κ2) is 14.5. The van der Waals surface area contributed by atoms with Crippen molar-refractivity contribution in [3.63, 3.8) is 0 Å². The Labute approximate surface area is 251 Å².